The van der Waals surface area contributed by atoms with Crippen molar-refractivity contribution in [2.45, 2.75) is 25.8 Å². The van der Waals surface area contributed by atoms with Crippen LogP contribution in [0.15, 0.2) is 48.5 Å². The molecule has 4 heteroatoms. The average molecular weight is 293 g/mol. The first kappa shape index (κ1) is 15.7. The Bertz CT molecular complexity index is 689. The second-order valence-electron chi connectivity index (χ2n) is 5.07. The maximum absolute atomic E-state index is 11.9. The third-order valence-electron chi connectivity index (χ3n) is 3.46. The zero-order chi connectivity index (χ0) is 15.8. The molecule has 0 saturated carbocycles. The molecule has 0 saturated heterocycles. The monoisotopic (exact) mass is 293 g/mol. The summed E-state index contributed by atoms with van der Waals surface area (Å²) in [4.78, 5) is 11.9. The van der Waals surface area contributed by atoms with Crippen LogP contribution in [0, 0.1) is 11.3 Å². The lowest BCUT2D eigenvalue weighted by molar-refractivity contribution is -0.116. The summed E-state index contributed by atoms with van der Waals surface area (Å²) in [5, 5.41) is 11.7. The van der Waals surface area contributed by atoms with Crippen molar-refractivity contribution in [2.75, 3.05) is 5.32 Å². The number of benzene rings is 2. The predicted molar refractivity (Wildman–Crippen MR) is 87.1 cm³/mol. The van der Waals surface area contributed by atoms with Crippen LogP contribution in [0.4, 0.5) is 5.69 Å². The molecule has 0 bridgehead atoms. The first-order valence-electron chi connectivity index (χ1n) is 7.30. The summed E-state index contributed by atoms with van der Waals surface area (Å²) in [7, 11) is 0. The van der Waals surface area contributed by atoms with E-state index in [4.69, 9.17) is 11.0 Å². The summed E-state index contributed by atoms with van der Waals surface area (Å²) in [5.74, 6) is -0.0414. The number of carbonyl (C=O) groups excluding carboxylic acids is 1. The molecule has 0 aliphatic carbocycles. The topological polar surface area (TPSA) is 78.9 Å². The molecular weight excluding hydrogens is 274 g/mol. The number of nitrogens with two attached hydrogens (primary N) is 1. The van der Waals surface area contributed by atoms with Crippen molar-refractivity contribution in [3.05, 3.63) is 65.2 Å². The molecule has 4 nitrogen and oxygen atoms in total. The van der Waals surface area contributed by atoms with E-state index in [0.717, 1.165) is 18.4 Å². The van der Waals surface area contributed by atoms with Crippen molar-refractivity contribution in [3.8, 4) is 6.07 Å². The molecular formula is C18H19N3O. The average Bonchev–Trinajstić information content (AvgIpc) is 2.55. The Balaban J connectivity index is 1.84. The van der Waals surface area contributed by atoms with Crippen molar-refractivity contribution < 1.29 is 4.79 Å². The van der Waals surface area contributed by atoms with Crippen molar-refractivity contribution in [1.29, 1.82) is 5.26 Å². The summed E-state index contributed by atoms with van der Waals surface area (Å²) < 4.78 is 0. The largest absolute Gasteiger partial charge is 0.326 e. The molecule has 112 valence electrons. The van der Waals surface area contributed by atoms with E-state index in [1.165, 1.54) is 5.56 Å². The van der Waals surface area contributed by atoms with Gasteiger partial charge in [-0.3, -0.25) is 4.79 Å². The normalized spacial score (nSPS) is 10.0. The molecule has 2 aromatic carbocycles. The molecule has 2 aromatic rings. The Morgan fingerprint density at radius 2 is 1.91 bits per heavy atom. The molecule has 1 amide bonds. The quantitative estimate of drug-likeness (QED) is 0.859. The molecule has 0 aliphatic rings. The van der Waals surface area contributed by atoms with Gasteiger partial charge in [0.25, 0.3) is 0 Å². The zero-order valence-electron chi connectivity index (χ0n) is 12.4. The van der Waals surface area contributed by atoms with Gasteiger partial charge in [0.05, 0.1) is 11.6 Å². The molecule has 0 radical (unpaired) electrons. The Morgan fingerprint density at radius 3 is 2.64 bits per heavy atom. The van der Waals surface area contributed by atoms with E-state index in [9.17, 15) is 4.79 Å². The molecule has 2 rings (SSSR count). The first-order chi connectivity index (χ1) is 10.7. The van der Waals surface area contributed by atoms with Crippen LogP contribution in [0.3, 0.4) is 0 Å². The van der Waals surface area contributed by atoms with Gasteiger partial charge in [-0.15, -0.1) is 0 Å². The maximum atomic E-state index is 11.9. The number of rotatable bonds is 6. The highest BCUT2D eigenvalue weighted by Crippen LogP contribution is 2.13. The Hall–Kier alpha value is -2.64. The van der Waals surface area contributed by atoms with Crippen LogP contribution >= 0.6 is 0 Å². The van der Waals surface area contributed by atoms with Crippen LogP contribution in [0.5, 0.6) is 0 Å². The summed E-state index contributed by atoms with van der Waals surface area (Å²) >= 11 is 0. The number of hydrogen-bond acceptors (Lipinski definition) is 3. The fraction of sp³-hybridized carbons (Fsp3) is 0.222. The summed E-state index contributed by atoms with van der Waals surface area (Å²) in [6.07, 6.45) is 2.04. The second-order valence-corrected chi connectivity index (χ2v) is 5.07. The van der Waals surface area contributed by atoms with E-state index in [1.54, 1.807) is 24.3 Å². The standard InChI is InChI=1S/C18H19N3O/c19-12-14-5-3-9-17(11-14)21-18(22)10-4-8-15-6-1-2-7-16(15)13-20/h1-3,5-7,9,11H,4,8,10,13,20H2,(H,21,22). The fourth-order valence-corrected chi connectivity index (χ4v) is 2.33. The molecule has 0 aliphatic heterocycles. The zero-order valence-corrected chi connectivity index (χ0v) is 12.4. The van der Waals surface area contributed by atoms with Crippen LogP contribution in [-0.2, 0) is 17.8 Å². The predicted octanol–water partition coefficient (Wildman–Crippen LogP) is 2.98. The molecule has 0 unspecified atom stereocenters. The lowest BCUT2D eigenvalue weighted by Gasteiger charge is -2.08. The number of nitriles is 1. The van der Waals surface area contributed by atoms with Crippen molar-refractivity contribution in [3.63, 3.8) is 0 Å². The number of anilines is 1. The van der Waals surface area contributed by atoms with Gasteiger partial charge in [-0.25, -0.2) is 0 Å². The highest BCUT2D eigenvalue weighted by atomic mass is 16.1. The van der Waals surface area contributed by atoms with Gasteiger partial charge >= 0.3 is 0 Å². The van der Waals surface area contributed by atoms with E-state index >= 15 is 0 Å². The Labute approximate surface area is 130 Å². The Kier molecular flexibility index (Phi) is 5.70. The number of hydrogen-bond donors (Lipinski definition) is 2. The van der Waals surface area contributed by atoms with E-state index in [2.05, 4.69) is 17.5 Å². The number of carbonyl (C=O) groups is 1. The smallest absolute Gasteiger partial charge is 0.224 e. The van der Waals surface area contributed by atoms with Gasteiger partial charge in [-0.1, -0.05) is 30.3 Å². The van der Waals surface area contributed by atoms with Crippen LogP contribution in [-0.4, -0.2) is 5.91 Å². The Morgan fingerprint density at radius 1 is 1.14 bits per heavy atom. The number of nitrogens with zero attached hydrogens (tertiary/aromatic N) is 1. The molecule has 0 atom stereocenters. The van der Waals surface area contributed by atoms with Gasteiger partial charge in [-0.2, -0.15) is 5.26 Å². The maximum Gasteiger partial charge on any atom is 0.224 e. The number of aryl methyl sites for hydroxylation is 1. The van der Waals surface area contributed by atoms with Gasteiger partial charge < -0.3 is 11.1 Å². The van der Waals surface area contributed by atoms with Crippen LogP contribution in [0.2, 0.25) is 0 Å². The number of nitrogens with one attached hydrogen (secondary N) is 1. The molecule has 0 spiro atoms. The first-order valence-corrected chi connectivity index (χ1v) is 7.30. The lowest BCUT2D eigenvalue weighted by atomic mass is 10.0. The minimum Gasteiger partial charge on any atom is -0.326 e. The summed E-state index contributed by atoms with van der Waals surface area (Å²) in [6, 6.07) is 17.0. The minimum atomic E-state index is -0.0414. The number of amides is 1. The van der Waals surface area contributed by atoms with E-state index in [0.29, 0.717) is 24.2 Å². The highest BCUT2D eigenvalue weighted by molar-refractivity contribution is 5.90. The molecule has 3 N–H and O–H groups in total. The van der Waals surface area contributed by atoms with Gasteiger partial charge in [-0.05, 0) is 42.2 Å². The van der Waals surface area contributed by atoms with Crippen LogP contribution < -0.4 is 11.1 Å². The van der Waals surface area contributed by atoms with Gasteiger partial charge in [0.1, 0.15) is 0 Å². The molecule has 0 heterocycles. The van der Waals surface area contributed by atoms with E-state index < -0.39 is 0 Å². The van der Waals surface area contributed by atoms with E-state index in [-0.39, 0.29) is 5.91 Å². The SMILES string of the molecule is N#Cc1cccc(NC(=O)CCCc2ccccc2CN)c1. The molecule has 0 fully saturated rings. The third kappa shape index (κ3) is 4.44. The lowest BCUT2D eigenvalue weighted by Crippen LogP contribution is -2.12. The van der Waals surface area contributed by atoms with Gasteiger partial charge in [0.15, 0.2) is 0 Å². The molecule has 22 heavy (non-hydrogen) atoms. The van der Waals surface area contributed by atoms with Crippen LogP contribution in [0.25, 0.3) is 0 Å². The van der Waals surface area contributed by atoms with Crippen molar-refractivity contribution in [2.24, 2.45) is 5.73 Å². The van der Waals surface area contributed by atoms with E-state index in [1.807, 2.05) is 18.2 Å². The van der Waals surface area contributed by atoms with Gasteiger partial charge in [0, 0.05) is 18.7 Å². The minimum absolute atomic E-state index is 0.0414. The van der Waals surface area contributed by atoms with Crippen LogP contribution in [0.1, 0.15) is 29.5 Å². The van der Waals surface area contributed by atoms with Crippen molar-refractivity contribution in [1.82, 2.24) is 0 Å². The fourth-order valence-electron chi connectivity index (χ4n) is 2.33. The third-order valence-corrected chi connectivity index (χ3v) is 3.46. The highest BCUT2D eigenvalue weighted by Gasteiger charge is 2.05. The van der Waals surface area contributed by atoms with Gasteiger partial charge in [0.2, 0.25) is 5.91 Å². The summed E-state index contributed by atoms with van der Waals surface area (Å²) in [6.45, 7) is 0.517. The van der Waals surface area contributed by atoms with Crippen molar-refractivity contribution >= 4 is 11.6 Å². The summed E-state index contributed by atoms with van der Waals surface area (Å²) in [5.41, 5.74) is 9.23. The molecule has 0 aromatic heterocycles. The second kappa shape index (κ2) is 7.96.